The van der Waals surface area contributed by atoms with E-state index in [2.05, 4.69) is 160 Å². The number of carbonyl (C=O) groups excluding carboxylic acids is 2. The molecule has 0 aliphatic heterocycles. The molecule has 0 aromatic carbocycles. The summed E-state index contributed by atoms with van der Waals surface area (Å²) >= 11 is 0. The van der Waals surface area contributed by atoms with Crippen LogP contribution in [0, 0.1) is 0 Å². The topological polar surface area (TPSA) is 134 Å². The van der Waals surface area contributed by atoms with Crippen molar-refractivity contribution >= 4 is 19.8 Å². The Labute approximate surface area is 560 Å². The molecule has 91 heavy (non-hydrogen) atoms. The third kappa shape index (κ3) is 74.8. The first-order valence-corrected chi connectivity index (χ1v) is 38.8. The third-order valence-corrected chi connectivity index (χ3v) is 16.7. The number of unbranched alkanes of at least 4 members (excludes halogenated alkanes) is 32. The number of nitrogens with two attached hydrogens (primary N) is 1. The van der Waals surface area contributed by atoms with Crippen molar-refractivity contribution in [3.05, 3.63) is 146 Å². The maximum absolute atomic E-state index is 12.8. The highest BCUT2D eigenvalue weighted by molar-refractivity contribution is 7.47. The van der Waals surface area contributed by atoms with Gasteiger partial charge in [-0.3, -0.25) is 18.6 Å². The summed E-state index contributed by atoms with van der Waals surface area (Å²) in [6.07, 6.45) is 108. The number of esters is 2. The van der Waals surface area contributed by atoms with Gasteiger partial charge in [0.1, 0.15) is 6.61 Å². The molecule has 0 heterocycles. The van der Waals surface area contributed by atoms with Gasteiger partial charge in [-0.05, 0) is 103 Å². The molecule has 0 radical (unpaired) electrons. The molecule has 0 spiro atoms. The number of allylic oxidation sites excluding steroid dienone is 24. The molecule has 0 aliphatic rings. The van der Waals surface area contributed by atoms with Gasteiger partial charge in [-0.1, -0.05) is 352 Å². The molecule has 0 saturated carbocycles. The molecule has 9 nitrogen and oxygen atoms in total. The van der Waals surface area contributed by atoms with Crippen molar-refractivity contribution in [1.82, 2.24) is 0 Å². The summed E-state index contributed by atoms with van der Waals surface area (Å²) in [4.78, 5) is 35.4. The number of carbonyl (C=O) groups is 2. The lowest BCUT2D eigenvalue weighted by atomic mass is 10.0. The van der Waals surface area contributed by atoms with Gasteiger partial charge in [-0.2, -0.15) is 0 Å². The van der Waals surface area contributed by atoms with Crippen LogP contribution in [0.3, 0.4) is 0 Å². The predicted octanol–water partition coefficient (Wildman–Crippen LogP) is 25.0. The van der Waals surface area contributed by atoms with Crippen molar-refractivity contribution in [2.24, 2.45) is 5.73 Å². The van der Waals surface area contributed by atoms with Gasteiger partial charge in [0, 0.05) is 19.4 Å². The number of phosphoric acid groups is 1. The molecule has 2 unspecified atom stereocenters. The largest absolute Gasteiger partial charge is 0.472 e. The van der Waals surface area contributed by atoms with Crippen molar-refractivity contribution < 1.29 is 37.6 Å². The van der Waals surface area contributed by atoms with Crippen molar-refractivity contribution in [1.29, 1.82) is 0 Å². The second kappa shape index (κ2) is 74.9. The monoisotopic (exact) mass is 1280 g/mol. The molecule has 3 N–H and O–H groups in total. The Hall–Kier alpha value is -4.11. The standard InChI is InChI=1S/C81H138NO8P/c1-3-5-7-9-11-13-15-17-19-21-23-25-27-29-31-33-34-35-36-37-38-39-40-41-42-43-44-46-48-50-52-54-56-58-60-62-64-66-68-70-72-74-81(84)90-79(78-89-91(85,86)88-76-75-82)77-87-80(83)73-71-69-67-65-63-61-59-57-55-53-51-49-47-45-32-30-28-26-24-22-20-18-16-14-12-10-8-6-4-2/h5,7,11,13,17,19,23,25,29,31,34-35,37-38,40-41,43-44,48,50,54,56,60,62,79H,3-4,6,8-10,12,14-16,18,20-22,24,26-28,30,32-33,36,39,42,45-47,49,51-53,55,57-59,61,63-78,82H2,1-2H3,(H,85,86)/b7-5-,13-11-,19-17-,25-23-,31-29-,35-34-,38-37-,41-40-,44-43-,50-48-,56-54-,62-60-. The van der Waals surface area contributed by atoms with Gasteiger partial charge in [0.25, 0.3) is 0 Å². The lowest BCUT2D eigenvalue weighted by molar-refractivity contribution is -0.161. The number of phosphoric ester groups is 1. The molecule has 0 bridgehead atoms. The van der Waals surface area contributed by atoms with E-state index in [-0.39, 0.29) is 38.6 Å². The van der Waals surface area contributed by atoms with Crippen LogP contribution in [0.2, 0.25) is 0 Å². The predicted molar refractivity (Wildman–Crippen MR) is 394 cm³/mol. The van der Waals surface area contributed by atoms with Gasteiger partial charge in [0.05, 0.1) is 13.2 Å². The second-order valence-corrected chi connectivity index (χ2v) is 25.9. The zero-order valence-electron chi connectivity index (χ0n) is 58.5. The summed E-state index contributed by atoms with van der Waals surface area (Å²) in [5, 5.41) is 0. The average molecular weight is 1280 g/mol. The van der Waals surface area contributed by atoms with E-state index in [1.165, 1.54) is 167 Å². The highest BCUT2D eigenvalue weighted by Crippen LogP contribution is 2.43. The zero-order chi connectivity index (χ0) is 65.8. The number of hydrogen-bond acceptors (Lipinski definition) is 8. The van der Waals surface area contributed by atoms with Crippen molar-refractivity contribution in [2.45, 2.75) is 328 Å². The van der Waals surface area contributed by atoms with Crippen LogP contribution in [0.5, 0.6) is 0 Å². The van der Waals surface area contributed by atoms with E-state index in [0.717, 1.165) is 122 Å². The molecule has 0 aromatic rings. The SMILES string of the molecule is CC/C=C\C/C=C\C/C=C\C/C=C\C/C=C\C/C=C\C/C=C\C/C=C\C/C=C\C/C=C\C/C=C\C/C=C\CCCCCCC(=O)OC(COC(=O)CCCCCCCCCCCCCCCCCCCCCCCCCCCCCCC)COP(=O)(O)OCCN. The van der Waals surface area contributed by atoms with Crippen LogP contribution >= 0.6 is 7.82 Å². The van der Waals surface area contributed by atoms with Crippen LogP contribution < -0.4 is 5.73 Å². The van der Waals surface area contributed by atoms with E-state index in [9.17, 15) is 19.0 Å². The molecule has 520 valence electrons. The number of hydrogen-bond donors (Lipinski definition) is 2. The molecule has 0 fully saturated rings. The fraction of sp³-hybridized carbons (Fsp3) is 0.679. The summed E-state index contributed by atoms with van der Waals surface area (Å²) < 4.78 is 33.2. The number of ether oxygens (including phenoxy) is 2. The third-order valence-electron chi connectivity index (χ3n) is 15.7. The van der Waals surface area contributed by atoms with Gasteiger partial charge in [-0.25, -0.2) is 4.57 Å². The molecular formula is C81H138NO8P. The summed E-state index contributed by atoms with van der Waals surface area (Å²) in [5.74, 6) is -0.854. The minimum atomic E-state index is -4.41. The molecule has 0 rings (SSSR count). The van der Waals surface area contributed by atoms with Gasteiger partial charge >= 0.3 is 19.8 Å². The Morgan fingerprint density at radius 3 is 0.901 bits per heavy atom. The van der Waals surface area contributed by atoms with Crippen molar-refractivity contribution in [3.8, 4) is 0 Å². The Morgan fingerprint density at radius 1 is 0.341 bits per heavy atom. The first kappa shape index (κ1) is 86.9. The smallest absolute Gasteiger partial charge is 0.462 e. The molecule has 2 atom stereocenters. The minimum Gasteiger partial charge on any atom is -0.462 e. The van der Waals surface area contributed by atoms with Gasteiger partial charge in [0.15, 0.2) is 6.10 Å². The van der Waals surface area contributed by atoms with Crippen LogP contribution in [0.25, 0.3) is 0 Å². The summed E-state index contributed by atoms with van der Waals surface area (Å²) in [6.45, 7) is 3.63. The second-order valence-electron chi connectivity index (χ2n) is 24.4. The maximum atomic E-state index is 12.8. The van der Waals surface area contributed by atoms with Crippen LogP contribution in [0.4, 0.5) is 0 Å². The molecule has 0 aliphatic carbocycles. The fourth-order valence-electron chi connectivity index (χ4n) is 10.3. The van der Waals surface area contributed by atoms with Gasteiger partial charge in [0.2, 0.25) is 0 Å². The van der Waals surface area contributed by atoms with Crippen molar-refractivity contribution in [3.63, 3.8) is 0 Å². The van der Waals surface area contributed by atoms with E-state index in [1.54, 1.807) is 0 Å². The quantitative estimate of drug-likeness (QED) is 0.0264. The zero-order valence-corrected chi connectivity index (χ0v) is 59.4. The van der Waals surface area contributed by atoms with Crippen molar-refractivity contribution in [2.75, 3.05) is 26.4 Å². The Balaban J connectivity index is 3.97. The van der Waals surface area contributed by atoms with Gasteiger partial charge < -0.3 is 20.1 Å². The fourth-order valence-corrected chi connectivity index (χ4v) is 11.0. The molecular weight excluding hydrogens is 1150 g/mol. The van der Waals surface area contributed by atoms with Crippen LogP contribution in [-0.4, -0.2) is 49.3 Å². The lowest BCUT2D eigenvalue weighted by Gasteiger charge is -2.19. The summed E-state index contributed by atoms with van der Waals surface area (Å²) in [7, 11) is -4.41. The summed E-state index contributed by atoms with van der Waals surface area (Å²) in [5.41, 5.74) is 5.40. The maximum Gasteiger partial charge on any atom is 0.472 e. The van der Waals surface area contributed by atoms with Crippen LogP contribution in [-0.2, 0) is 32.7 Å². The number of rotatable bonds is 69. The molecule has 0 amide bonds. The first-order chi connectivity index (χ1) is 44.8. The first-order valence-electron chi connectivity index (χ1n) is 37.3. The Kier molecular flexibility index (Phi) is 71.5. The lowest BCUT2D eigenvalue weighted by Crippen LogP contribution is -2.29. The highest BCUT2D eigenvalue weighted by Gasteiger charge is 2.26. The molecule has 0 saturated heterocycles. The van der Waals surface area contributed by atoms with E-state index < -0.39 is 26.5 Å². The average Bonchev–Trinajstić information content (AvgIpc) is 3.74. The van der Waals surface area contributed by atoms with E-state index in [1.807, 2.05) is 0 Å². The van der Waals surface area contributed by atoms with Crippen LogP contribution in [0.1, 0.15) is 322 Å². The normalized spacial score (nSPS) is 13.8. The summed E-state index contributed by atoms with van der Waals surface area (Å²) in [6, 6.07) is 0. The van der Waals surface area contributed by atoms with E-state index in [0.29, 0.717) is 6.42 Å². The van der Waals surface area contributed by atoms with Gasteiger partial charge in [-0.15, -0.1) is 0 Å². The van der Waals surface area contributed by atoms with E-state index in [4.69, 9.17) is 24.3 Å². The minimum absolute atomic E-state index is 0.0433. The van der Waals surface area contributed by atoms with Crippen LogP contribution in [0.15, 0.2) is 146 Å². The molecule has 10 heteroatoms. The Morgan fingerprint density at radius 2 is 0.604 bits per heavy atom. The van der Waals surface area contributed by atoms with E-state index >= 15 is 0 Å². The highest BCUT2D eigenvalue weighted by atomic mass is 31.2. The molecule has 0 aromatic heterocycles. The Bertz CT molecular complexity index is 2010.